The van der Waals surface area contributed by atoms with Gasteiger partial charge in [-0.05, 0) is 25.5 Å². The summed E-state index contributed by atoms with van der Waals surface area (Å²) < 4.78 is 23.3. The molecule has 9 heteroatoms. The van der Waals surface area contributed by atoms with Gasteiger partial charge in [0.05, 0.1) is 36.1 Å². The number of amides is 1. The van der Waals surface area contributed by atoms with Crippen molar-refractivity contribution in [3.63, 3.8) is 0 Å². The molecule has 0 spiro atoms. The van der Waals surface area contributed by atoms with E-state index in [4.69, 9.17) is 0 Å². The van der Waals surface area contributed by atoms with Crippen LogP contribution in [0.4, 0.5) is 5.82 Å². The summed E-state index contributed by atoms with van der Waals surface area (Å²) in [4.78, 5) is 26.8. The number of carbonyl (C=O) groups is 1. The van der Waals surface area contributed by atoms with E-state index < -0.39 is 9.84 Å². The number of rotatable bonds is 6. The van der Waals surface area contributed by atoms with E-state index in [0.717, 1.165) is 5.69 Å². The maximum atomic E-state index is 12.7. The zero-order chi connectivity index (χ0) is 18.6. The highest BCUT2D eigenvalue weighted by atomic mass is 32.2. The van der Waals surface area contributed by atoms with Crippen molar-refractivity contribution in [2.75, 3.05) is 23.4 Å². The van der Waals surface area contributed by atoms with Crippen LogP contribution in [0.5, 0.6) is 0 Å². The predicted molar refractivity (Wildman–Crippen MR) is 97.4 cm³/mol. The standard InChI is InChI=1S/C17H21N5O3S/c1-2-22(14-6-8-26(24,25)12-14)17(23)15-10-21-16(11-19-15)20-9-13-5-3-4-7-18-13/h3-5,7,10-11,14H,2,6,8-9,12H2,1H3,(H,20,21). The third-order valence-corrected chi connectivity index (χ3v) is 6.05. The first-order chi connectivity index (χ1) is 12.5. The minimum absolute atomic E-state index is 0.0176. The summed E-state index contributed by atoms with van der Waals surface area (Å²) in [5, 5.41) is 3.10. The molecule has 1 saturated heterocycles. The predicted octanol–water partition coefficient (Wildman–Crippen LogP) is 1.13. The number of nitrogens with one attached hydrogen (secondary N) is 1. The SMILES string of the molecule is CCN(C(=O)c1cnc(NCc2ccccn2)cn1)C1CCS(=O)(=O)C1. The Labute approximate surface area is 152 Å². The van der Waals surface area contributed by atoms with Gasteiger partial charge in [-0.15, -0.1) is 0 Å². The molecule has 3 rings (SSSR count). The molecule has 2 aromatic heterocycles. The van der Waals surface area contributed by atoms with Crippen molar-refractivity contribution in [1.29, 1.82) is 0 Å². The van der Waals surface area contributed by atoms with Gasteiger partial charge in [0.15, 0.2) is 9.84 Å². The van der Waals surface area contributed by atoms with Gasteiger partial charge in [0.25, 0.3) is 5.91 Å². The summed E-state index contributed by atoms with van der Waals surface area (Å²) in [6.45, 7) is 2.77. The molecule has 3 heterocycles. The van der Waals surface area contributed by atoms with Crippen molar-refractivity contribution < 1.29 is 13.2 Å². The van der Waals surface area contributed by atoms with Gasteiger partial charge in [-0.3, -0.25) is 9.78 Å². The van der Waals surface area contributed by atoms with Crippen LogP contribution in [0.25, 0.3) is 0 Å². The van der Waals surface area contributed by atoms with Crippen molar-refractivity contribution in [1.82, 2.24) is 19.9 Å². The van der Waals surface area contributed by atoms with Crippen LogP contribution in [0.2, 0.25) is 0 Å². The van der Waals surface area contributed by atoms with Gasteiger partial charge in [-0.2, -0.15) is 0 Å². The average molecular weight is 375 g/mol. The van der Waals surface area contributed by atoms with E-state index in [2.05, 4.69) is 20.3 Å². The molecule has 1 aliphatic heterocycles. The molecule has 1 unspecified atom stereocenters. The molecule has 0 saturated carbocycles. The molecule has 8 nitrogen and oxygen atoms in total. The van der Waals surface area contributed by atoms with Gasteiger partial charge in [0.1, 0.15) is 11.5 Å². The number of sulfone groups is 1. The Hall–Kier alpha value is -2.55. The highest BCUT2D eigenvalue weighted by Crippen LogP contribution is 2.19. The quantitative estimate of drug-likeness (QED) is 0.807. The Balaban J connectivity index is 1.64. The molecular weight excluding hydrogens is 354 g/mol. The first-order valence-corrected chi connectivity index (χ1v) is 10.3. The molecule has 0 aliphatic carbocycles. The topological polar surface area (TPSA) is 105 Å². The third kappa shape index (κ3) is 4.34. The van der Waals surface area contributed by atoms with Gasteiger partial charge in [-0.1, -0.05) is 6.07 Å². The first-order valence-electron chi connectivity index (χ1n) is 8.45. The van der Waals surface area contributed by atoms with Crippen molar-refractivity contribution >= 4 is 21.6 Å². The summed E-state index contributed by atoms with van der Waals surface area (Å²) in [6.07, 6.45) is 5.09. The molecule has 0 radical (unpaired) electrons. The largest absolute Gasteiger partial charge is 0.363 e. The second-order valence-corrected chi connectivity index (χ2v) is 8.34. The molecule has 1 fully saturated rings. The average Bonchev–Trinajstić information content (AvgIpc) is 3.01. The third-order valence-electron chi connectivity index (χ3n) is 4.30. The first kappa shape index (κ1) is 18.2. The van der Waals surface area contributed by atoms with Crippen LogP contribution in [-0.2, 0) is 16.4 Å². The molecule has 0 aromatic carbocycles. The van der Waals surface area contributed by atoms with Crippen molar-refractivity contribution in [2.45, 2.75) is 25.9 Å². The smallest absolute Gasteiger partial charge is 0.274 e. The molecule has 1 N–H and O–H groups in total. The normalized spacial score (nSPS) is 18.4. The Morgan fingerprint density at radius 3 is 2.69 bits per heavy atom. The fourth-order valence-electron chi connectivity index (χ4n) is 2.95. The molecule has 138 valence electrons. The Morgan fingerprint density at radius 1 is 1.27 bits per heavy atom. The van der Waals surface area contributed by atoms with Crippen LogP contribution in [-0.4, -0.2) is 58.3 Å². The number of nitrogens with zero attached hydrogens (tertiary/aromatic N) is 4. The van der Waals surface area contributed by atoms with Crippen LogP contribution in [0, 0.1) is 0 Å². The molecule has 0 bridgehead atoms. The van der Waals surface area contributed by atoms with Crippen LogP contribution in [0.3, 0.4) is 0 Å². The summed E-state index contributed by atoms with van der Waals surface area (Å²) in [6, 6.07) is 5.35. The molecule has 1 atom stereocenters. The lowest BCUT2D eigenvalue weighted by atomic mass is 10.2. The number of carbonyl (C=O) groups excluding carboxylic acids is 1. The van der Waals surface area contributed by atoms with E-state index in [9.17, 15) is 13.2 Å². The fraction of sp³-hybridized carbons (Fsp3) is 0.412. The minimum Gasteiger partial charge on any atom is -0.363 e. The maximum Gasteiger partial charge on any atom is 0.274 e. The fourth-order valence-corrected chi connectivity index (χ4v) is 4.68. The van der Waals surface area contributed by atoms with E-state index in [1.165, 1.54) is 12.4 Å². The summed E-state index contributed by atoms with van der Waals surface area (Å²) in [5.41, 5.74) is 1.08. The minimum atomic E-state index is -3.05. The van der Waals surface area contributed by atoms with Gasteiger partial charge < -0.3 is 10.2 Å². The van der Waals surface area contributed by atoms with Crippen molar-refractivity contribution in [3.05, 3.63) is 48.2 Å². The number of aromatic nitrogens is 3. The molecule has 2 aromatic rings. The number of hydrogen-bond acceptors (Lipinski definition) is 7. The molecular formula is C17H21N5O3S. The van der Waals surface area contributed by atoms with Crippen LogP contribution in [0.1, 0.15) is 29.5 Å². The molecule has 1 aliphatic rings. The van der Waals surface area contributed by atoms with Gasteiger partial charge in [0, 0.05) is 18.8 Å². The van der Waals surface area contributed by atoms with E-state index >= 15 is 0 Å². The van der Waals surface area contributed by atoms with Crippen LogP contribution >= 0.6 is 0 Å². The van der Waals surface area contributed by atoms with E-state index in [1.807, 2.05) is 25.1 Å². The Morgan fingerprint density at radius 2 is 2.12 bits per heavy atom. The molecule has 1 amide bonds. The summed E-state index contributed by atoms with van der Waals surface area (Å²) in [7, 11) is -3.05. The van der Waals surface area contributed by atoms with Crippen molar-refractivity contribution in [2.24, 2.45) is 0 Å². The second kappa shape index (κ2) is 7.77. The number of pyridine rings is 1. The van der Waals surface area contributed by atoms with Gasteiger partial charge in [0.2, 0.25) is 0 Å². The maximum absolute atomic E-state index is 12.7. The highest BCUT2D eigenvalue weighted by Gasteiger charge is 2.34. The number of anilines is 1. The molecule has 26 heavy (non-hydrogen) atoms. The van der Waals surface area contributed by atoms with Crippen LogP contribution in [0.15, 0.2) is 36.8 Å². The van der Waals surface area contributed by atoms with E-state index in [-0.39, 0.29) is 29.1 Å². The monoisotopic (exact) mass is 375 g/mol. The highest BCUT2D eigenvalue weighted by molar-refractivity contribution is 7.91. The van der Waals surface area contributed by atoms with Gasteiger partial charge >= 0.3 is 0 Å². The zero-order valence-corrected chi connectivity index (χ0v) is 15.3. The summed E-state index contributed by atoms with van der Waals surface area (Å²) >= 11 is 0. The Bertz CT molecular complexity index is 856. The van der Waals surface area contributed by atoms with Gasteiger partial charge in [-0.25, -0.2) is 18.4 Å². The number of hydrogen-bond donors (Lipinski definition) is 1. The van der Waals surface area contributed by atoms with Crippen molar-refractivity contribution in [3.8, 4) is 0 Å². The lowest BCUT2D eigenvalue weighted by Gasteiger charge is -2.26. The van der Waals surface area contributed by atoms with E-state index in [1.54, 1.807) is 11.1 Å². The lowest BCUT2D eigenvalue weighted by molar-refractivity contribution is 0.0702. The lowest BCUT2D eigenvalue weighted by Crippen LogP contribution is -2.41. The second-order valence-electron chi connectivity index (χ2n) is 6.11. The Kier molecular flexibility index (Phi) is 5.46. The summed E-state index contributed by atoms with van der Waals surface area (Å²) in [5.74, 6) is 0.393. The van der Waals surface area contributed by atoms with Crippen LogP contribution < -0.4 is 5.32 Å². The van der Waals surface area contributed by atoms with E-state index in [0.29, 0.717) is 25.3 Å². The zero-order valence-electron chi connectivity index (χ0n) is 14.5.